The van der Waals surface area contributed by atoms with Gasteiger partial charge in [0.2, 0.25) is 0 Å². The van der Waals surface area contributed by atoms with E-state index in [-0.39, 0.29) is 36.9 Å². The van der Waals surface area contributed by atoms with E-state index >= 15 is 0 Å². The molecule has 0 bridgehead atoms. The number of rotatable bonds is 6. The molecule has 0 saturated heterocycles. The highest BCUT2D eigenvalue weighted by molar-refractivity contribution is 6.21. The maximum absolute atomic E-state index is 12.3. The molecule has 0 saturated carbocycles. The van der Waals surface area contributed by atoms with Gasteiger partial charge in [-0.05, 0) is 38.0 Å². The molecule has 0 fully saturated rings. The third-order valence-electron chi connectivity index (χ3n) is 4.50. The summed E-state index contributed by atoms with van der Waals surface area (Å²) in [5.74, 6) is -0.936. The normalized spacial score (nSPS) is 14.3. The zero-order valence-corrected chi connectivity index (χ0v) is 14.9. The fraction of sp³-hybridized carbons (Fsp3) is 0.286. The average molecular weight is 351 g/mol. The first-order chi connectivity index (χ1) is 12.5. The van der Waals surface area contributed by atoms with Crippen LogP contribution in [0.4, 0.5) is 0 Å². The second-order valence-corrected chi connectivity index (χ2v) is 6.45. The molecule has 0 radical (unpaired) electrons. The first-order valence-electron chi connectivity index (χ1n) is 8.68. The number of imide groups is 1. The lowest BCUT2D eigenvalue weighted by Gasteiger charge is -2.15. The summed E-state index contributed by atoms with van der Waals surface area (Å²) < 4.78 is 5.43. The van der Waals surface area contributed by atoms with E-state index in [0.29, 0.717) is 17.5 Å². The molecule has 5 nitrogen and oxygen atoms in total. The number of benzene rings is 2. The summed E-state index contributed by atoms with van der Waals surface area (Å²) in [6.45, 7) is 4.03. The molecule has 1 aliphatic rings. The van der Waals surface area contributed by atoms with Gasteiger partial charge in [0.15, 0.2) is 0 Å². The number of ether oxygens (including phenoxy) is 1. The van der Waals surface area contributed by atoms with Crippen LogP contribution < -0.4 is 0 Å². The Hall–Kier alpha value is -2.95. The SMILES string of the molecule is Cc1ccc([C@H](C)OC(=O)CCCN2C(=O)c3ccccc3C2=O)cc1. The van der Waals surface area contributed by atoms with Crippen molar-refractivity contribution in [2.75, 3.05) is 6.54 Å². The molecule has 0 N–H and O–H groups in total. The second-order valence-electron chi connectivity index (χ2n) is 6.45. The van der Waals surface area contributed by atoms with Crippen LogP contribution in [0.2, 0.25) is 0 Å². The van der Waals surface area contributed by atoms with E-state index in [9.17, 15) is 14.4 Å². The molecule has 1 aliphatic heterocycles. The molecule has 2 amide bonds. The van der Waals surface area contributed by atoms with E-state index in [2.05, 4.69) is 0 Å². The molecule has 0 spiro atoms. The Morgan fingerprint density at radius 2 is 1.58 bits per heavy atom. The van der Waals surface area contributed by atoms with Gasteiger partial charge in [0.25, 0.3) is 11.8 Å². The molecule has 2 aromatic carbocycles. The number of nitrogens with zero attached hydrogens (tertiary/aromatic N) is 1. The van der Waals surface area contributed by atoms with E-state index in [1.807, 2.05) is 38.1 Å². The lowest BCUT2D eigenvalue weighted by molar-refractivity contribution is -0.148. The minimum absolute atomic E-state index is 0.156. The standard InChI is InChI=1S/C21H21NO4/c1-14-9-11-16(12-10-14)15(2)26-19(23)8-5-13-22-20(24)17-6-3-4-7-18(17)21(22)25/h3-4,6-7,9-12,15H,5,8,13H2,1-2H3/t15-/m0/s1. The molecule has 134 valence electrons. The van der Waals surface area contributed by atoms with Crippen molar-refractivity contribution in [1.82, 2.24) is 4.90 Å². The van der Waals surface area contributed by atoms with Gasteiger partial charge in [0.1, 0.15) is 6.10 Å². The quantitative estimate of drug-likeness (QED) is 0.588. The van der Waals surface area contributed by atoms with Crippen LogP contribution in [-0.2, 0) is 9.53 Å². The van der Waals surface area contributed by atoms with E-state index in [4.69, 9.17) is 4.74 Å². The van der Waals surface area contributed by atoms with Crippen LogP contribution in [-0.4, -0.2) is 29.2 Å². The predicted molar refractivity (Wildman–Crippen MR) is 96.7 cm³/mol. The Morgan fingerprint density at radius 3 is 2.15 bits per heavy atom. The summed E-state index contributed by atoms with van der Waals surface area (Å²) >= 11 is 0. The van der Waals surface area contributed by atoms with Gasteiger partial charge < -0.3 is 4.74 Å². The van der Waals surface area contributed by atoms with Gasteiger partial charge in [-0.1, -0.05) is 42.0 Å². The van der Waals surface area contributed by atoms with Gasteiger partial charge in [-0.15, -0.1) is 0 Å². The van der Waals surface area contributed by atoms with Crippen LogP contribution in [0.5, 0.6) is 0 Å². The molecule has 2 aromatic rings. The Morgan fingerprint density at radius 1 is 1.00 bits per heavy atom. The van der Waals surface area contributed by atoms with Crippen LogP contribution in [0.25, 0.3) is 0 Å². The summed E-state index contributed by atoms with van der Waals surface area (Å²) in [6, 6.07) is 14.6. The van der Waals surface area contributed by atoms with Crippen molar-refractivity contribution < 1.29 is 19.1 Å². The predicted octanol–water partition coefficient (Wildman–Crippen LogP) is 3.68. The maximum Gasteiger partial charge on any atom is 0.306 e. The topological polar surface area (TPSA) is 63.7 Å². The maximum atomic E-state index is 12.3. The monoisotopic (exact) mass is 351 g/mol. The number of fused-ring (bicyclic) bond motifs is 1. The van der Waals surface area contributed by atoms with Crippen molar-refractivity contribution in [2.24, 2.45) is 0 Å². The highest BCUT2D eigenvalue weighted by Gasteiger charge is 2.34. The first kappa shape index (κ1) is 17.9. The summed E-state index contributed by atoms with van der Waals surface area (Å²) in [6.07, 6.45) is 0.205. The van der Waals surface area contributed by atoms with Gasteiger partial charge in [0, 0.05) is 13.0 Å². The molecule has 5 heteroatoms. The smallest absolute Gasteiger partial charge is 0.306 e. The van der Waals surface area contributed by atoms with Crippen LogP contribution in [0.15, 0.2) is 48.5 Å². The molecule has 0 aliphatic carbocycles. The van der Waals surface area contributed by atoms with Gasteiger partial charge in [0.05, 0.1) is 11.1 Å². The Kier molecular flexibility index (Phi) is 5.16. The molecular formula is C21H21NO4. The summed E-state index contributed by atoms with van der Waals surface area (Å²) in [5, 5.41) is 0. The minimum atomic E-state index is -0.338. The number of carbonyl (C=O) groups excluding carboxylic acids is 3. The van der Waals surface area contributed by atoms with E-state index in [1.165, 1.54) is 4.90 Å². The number of aryl methyl sites for hydroxylation is 1. The van der Waals surface area contributed by atoms with Crippen LogP contribution in [0.3, 0.4) is 0 Å². The minimum Gasteiger partial charge on any atom is -0.458 e. The summed E-state index contributed by atoms with van der Waals surface area (Å²) in [5.41, 5.74) is 2.93. The summed E-state index contributed by atoms with van der Waals surface area (Å²) in [4.78, 5) is 37.8. The van der Waals surface area contributed by atoms with Gasteiger partial charge in [-0.3, -0.25) is 19.3 Å². The number of amides is 2. The van der Waals surface area contributed by atoms with Crippen molar-refractivity contribution in [2.45, 2.75) is 32.8 Å². The van der Waals surface area contributed by atoms with E-state index < -0.39 is 0 Å². The Bertz CT molecular complexity index is 806. The third-order valence-corrected chi connectivity index (χ3v) is 4.50. The van der Waals surface area contributed by atoms with Gasteiger partial charge in [-0.25, -0.2) is 0 Å². The Labute approximate surface area is 152 Å². The Balaban J connectivity index is 1.49. The van der Waals surface area contributed by atoms with Gasteiger partial charge in [-0.2, -0.15) is 0 Å². The number of carbonyl (C=O) groups is 3. The molecule has 1 atom stereocenters. The van der Waals surface area contributed by atoms with Crippen LogP contribution >= 0.6 is 0 Å². The second kappa shape index (κ2) is 7.52. The zero-order chi connectivity index (χ0) is 18.7. The average Bonchev–Trinajstić information content (AvgIpc) is 2.87. The van der Waals surface area contributed by atoms with E-state index in [1.54, 1.807) is 24.3 Å². The van der Waals surface area contributed by atoms with Crippen molar-refractivity contribution in [1.29, 1.82) is 0 Å². The van der Waals surface area contributed by atoms with Gasteiger partial charge >= 0.3 is 5.97 Å². The van der Waals surface area contributed by atoms with Crippen molar-refractivity contribution in [3.05, 3.63) is 70.8 Å². The van der Waals surface area contributed by atoms with Crippen molar-refractivity contribution in [3.8, 4) is 0 Å². The van der Waals surface area contributed by atoms with E-state index in [0.717, 1.165) is 11.1 Å². The molecular weight excluding hydrogens is 330 g/mol. The fourth-order valence-corrected chi connectivity index (χ4v) is 2.99. The lowest BCUT2D eigenvalue weighted by Crippen LogP contribution is -2.31. The van der Waals surface area contributed by atoms with Crippen molar-refractivity contribution >= 4 is 17.8 Å². The number of hydrogen-bond donors (Lipinski definition) is 0. The lowest BCUT2D eigenvalue weighted by atomic mass is 10.1. The molecule has 0 unspecified atom stereocenters. The molecule has 0 aromatic heterocycles. The molecule has 3 rings (SSSR count). The highest BCUT2D eigenvalue weighted by Crippen LogP contribution is 2.23. The third kappa shape index (κ3) is 3.67. The van der Waals surface area contributed by atoms with Crippen molar-refractivity contribution in [3.63, 3.8) is 0 Å². The molecule has 26 heavy (non-hydrogen) atoms. The molecule has 1 heterocycles. The highest BCUT2D eigenvalue weighted by atomic mass is 16.5. The number of esters is 1. The number of hydrogen-bond acceptors (Lipinski definition) is 4. The largest absolute Gasteiger partial charge is 0.458 e. The zero-order valence-electron chi connectivity index (χ0n) is 14.9. The summed E-state index contributed by atoms with van der Waals surface area (Å²) in [7, 11) is 0. The van der Waals surface area contributed by atoms with Crippen LogP contribution in [0.1, 0.15) is 57.7 Å². The first-order valence-corrected chi connectivity index (χ1v) is 8.68. The fourth-order valence-electron chi connectivity index (χ4n) is 2.99. The van der Waals surface area contributed by atoms with Crippen LogP contribution in [0, 0.1) is 6.92 Å².